The second kappa shape index (κ2) is 8.73. The van der Waals surface area contributed by atoms with Gasteiger partial charge in [-0.05, 0) is 24.3 Å². The molecule has 140 valence electrons. The SMILES string of the molecule is CN(C(=O)COC(=O)CCN1C(=O)CSc2ccccc21)c1ccccc1. The van der Waals surface area contributed by atoms with Gasteiger partial charge in [0.15, 0.2) is 6.61 Å². The van der Waals surface area contributed by atoms with Crippen molar-refractivity contribution in [3.8, 4) is 0 Å². The molecule has 0 N–H and O–H groups in total. The molecule has 1 aliphatic rings. The quantitative estimate of drug-likeness (QED) is 0.717. The Labute approximate surface area is 162 Å². The first-order chi connectivity index (χ1) is 13.1. The molecule has 0 aliphatic carbocycles. The van der Waals surface area contributed by atoms with Crippen LogP contribution in [0.25, 0.3) is 0 Å². The first-order valence-electron chi connectivity index (χ1n) is 8.55. The molecule has 0 saturated heterocycles. The van der Waals surface area contributed by atoms with Gasteiger partial charge >= 0.3 is 5.97 Å². The van der Waals surface area contributed by atoms with Crippen molar-refractivity contribution in [2.45, 2.75) is 11.3 Å². The number of likely N-dealkylation sites (N-methyl/N-ethyl adjacent to an activating group) is 1. The Bertz CT molecular complexity index is 841. The molecule has 2 aromatic rings. The number of thioether (sulfide) groups is 1. The molecule has 0 spiro atoms. The van der Waals surface area contributed by atoms with E-state index in [0.717, 1.165) is 16.3 Å². The van der Waals surface area contributed by atoms with Crippen LogP contribution in [0.2, 0.25) is 0 Å². The molecule has 0 atom stereocenters. The van der Waals surface area contributed by atoms with Crippen LogP contribution in [-0.4, -0.2) is 43.7 Å². The fraction of sp³-hybridized carbons (Fsp3) is 0.250. The number of fused-ring (bicyclic) bond motifs is 1. The van der Waals surface area contributed by atoms with Crippen LogP contribution in [0, 0.1) is 0 Å². The van der Waals surface area contributed by atoms with E-state index in [1.807, 2.05) is 42.5 Å². The number of hydrogen-bond donors (Lipinski definition) is 0. The predicted octanol–water partition coefficient (Wildman–Crippen LogP) is 2.72. The van der Waals surface area contributed by atoms with Gasteiger partial charge in [-0.1, -0.05) is 30.3 Å². The summed E-state index contributed by atoms with van der Waals surface area (Å²) in [6.45, 7) is -0.0947. The molecule has 1 heterocycles. The number of hydrogen-bond acceptors (Lipinski definition) is 5. The lowest BCUT2D eigenvalue weighted by molar-refractivity contribution is -0.147. The number of anilines is 2. The van der Waals surface area contributed by atoms with Crippen LogP contribution in [0.3, 0.4) is 0 Å². The first kappa shape index (κ1) is 19.0. The molecular formula is C20H20N2O4S. The Morgan fingerprint density at radius 2 is 1.81 bits per heavy atom. The van der Waals surface area contributed by atoms with Gasteiger partial charge in [0.1, 0.15) is 0 Å². The smallest absolute Gasteiger partial charge is 0.308 e. The van der Waals surface area contributed by atoms with Crippen LogP contribution in [0.15, 0.2) is 59.5 Å². The lowest BCUT2D eigenvalue weighted by Gasteiger charge is -2.28. The highest BCUT2D eigenvalue weighted by Gasteiger charge is 2.25. The van der Waals surface area contributed by atoms with Gasteiger partial charge in [-0.2, -0.15) is 0 Å². The van der Waals surface area contributed by atoms with Crippen molar-refractivity contribution in [3.05, 3.63) is 54.6 Å². The number of benzene rings is 2. The zero-order valence-corrected chi connectivity index (χ0v) is 15.8. The summed E-state index contributed by atoms with van der Waals surface area (Å²) in [7, 11) is 1.63. The van der Waals surface area contributed by atoms with E-state index in [1.165, 1.54) is 16.7 Å². The monoisotopic (exact) mass is 384 g/mol. The molecule has 0 aromatic heterocycles. The van der Waals surface area contributed by atoms with E-state index >= 15 is 0 Å². The van der Waals surface area contributed by atoms with E-state index in [9.17, 15) is 14.4 Å². The van der Waals surface area contributed by atoms with Gasteiger partial charge in [0.05, 0.1) is 17.9 Å². The normalized spacial score (nSPS) is 13.1. The number of carbonyl (C=O) groups excluding carboxylic acids is 3. The minimum atomic E-state index is -0.506. The van der Waals surface area contributed by atoms with Crippen molar-refractivity contribution in [3.63, 3.8) is 0 Å². The van der Waals surface area contributed by atoms with Gasteiger partial charge in [0, 0.05) is 24.2 Å². The van der Waals surface area contributed by atoms with E-state index in [2.05, 4.69) is 0 Å². The summed E-state index contributed by atoms with van der Waals surface area (Å²) < 4.78 is 5.09. The summed E-state index contributed by atoms with van der Waals surface area (Å²) in [5.41, 5.74) is 1.54. The molecule has 0 unspecified atom stereocenters. The number of para-hydroxylation sites is 2. The number of ether oxygens (including phenoxy) is 1. The molecule has 7 heteroatoms. The fourth-order valence-electron chi connectivity index (χ4n) is 2.71. The van der Waals surface area contributed by atoms with Gasteiger partial charge in [0.25, 0.3) is 5.91 Å². The van der Waals surface area contributed by atoms with Crippen molar-refractivity contribution < 1.29 is 19.1 Å². The van der Waals surface area contributed by atoms with E-state index in [-0.39, 0.29) is 31.4 Å². The Morgan fingerprint density at radius 1 is 1.11 bits per heavy atom. The fourth-order valence-corrected chi connectivity index (χ4v) is 3.64. The van der Waals surface area contributed by atoms with Gasteiger partial charge < -0.3 is 14.5 Å². The van der Waals surface area contributed by atoms with Gasteiger partial charge in [-0.15, -0.1) is 11.8 Å². The van der Waals surface area contributed by atoms with Crippen LogP contribution in [0.5, 0.6) is 0 Å². The van der Waals surface area contributed by atoms with Crippen molar-refractivity contribution in [2.24, 2.45) is 0 Å². The van der Waals surface area contributed by atoms with Crippen molar-refractivity contribution in [1.82, 2.24) is 0 Å². The van der Waals surface area contributed by atoms with Crippen molar-refractivity contribution >= 4 is 40.9 Å². The van der Waals surface area contributed by atoms with Gasteiger partial charge in [0.2, 0.25) is 5.91 Å². The third-order valence-corrected chi connectivity index (χ3v) is 5.27. The van der Waals surface area contributed by atoms with Crippen molar-refractivity contribution in [1.29, 1.82) is 0 Å². The Hall–Kier alpha value is -2.80. The average molecular weight is 384 g/mol. The molecule has 0 saturated carbocycles. The van der Waals surface area contributed by atoms with E-state index in [0.29, 0.717) is 5.75 Å². The Morgan fingerprint density at radius 3 is 2.59 bits per heavy atom. The molecule has 0 bridgehead atoms. The third-order valence-electron chi connectivity index (χ3n) is 4.22. The summed E-state index contributed by atoms with van der Waals surface area (Å²) in [6, 6.07) is 16.7. The number of nitrogens with zero attached hydrogens (tertiary/aromatic N) is 2. The molecule has 1 aliphatic heterocycles. The molecule has 27 heavy (non-hydrogen) atoms. The Balaban J connectivity index is 1.50. The summed E-state index contributed by atoms with van der Waals surface area (Å²) in [6.07, 6.45) is 0.0348. The lowest BCUT2D eigenvalue weighted by atomic mass is 10.2. The Kier molecular flexibility index (Phi) is 6.13. The molecule has 2 amide bonds. The minimum Gasteiger partial charge on any atom is -0.455 e. The maximum Gasteiger partial charge on any atom is 0.308 e. The summed E-state index contributed by atoms with van der Waals surface area (Å²) in [5.74, 6) is -0.503. The zero-order valence-electron chi connectivity index (χ0n) is 15.0. The number of carbonyl (C=O) groups is 3. The number of esters is 1. The molecule has 0 fully saturated rings. The topological polar surface area (TPSA) is 66.9 Å². The molecule has 0 radical (unpaired) electrons. The van der Waals surface area contributed by atoms with E-state index in [4.69, 9.17) is 4.74 Å². The first-order valence-corrected chi connectivity index (χ1v) is 9.54. The second-order valence-electron chi connectivity index (χ2n) is 6.00. The predicted molar refractivity (Wildman–Crippen MR) is 105 cm³/mol. The highest BCUT2D eigenvalue weighted by atomic mass is 32.2. The molecular weight excluding hydrogens is 364 g/mol. The van der Waals surface area contributed by atoms with E-state index < -0.39 is 5.97 Å². The maximum atomic E-state index is 12.2. The standard InChI is InChI=1S/C20H20N2O4S/c1-21(15-7-3-2-4-8-15)18(23)13-26-20(25)11-12-22-16-9-5-6-10-17(16)27-14-19(22)24/h2-10H,11-14H2,1H3. The van der Waals surface area contributed by atoms with Crippen LogP contribution in [0.4, 0.5) is 11.4 Å². The molecule has 3 rings (SSSR count). The second-order valence-corrected chi connectivity index (χ2v) is 7.02. The third kappa shape index (κ3) is 4.68. The van der Waals surface area contributed by atoms with Gasteiger partial charge in [-0.3, -0.25) is 14.4 Å². The van der Waals surface area contributed by atoms with Crippen LogP contribution in [0.1, 0.15) is 6.42 Å². The number of rotatable bonds is 6. The lowest BCUT2D eigenvalue weighted by Crippen LogP contribution is -2.37. The largest absolute Gasteiger partial charge is 0.455 e. The molecule has 2 aromatic carbocycles. The van der Waals surface area contributed by atoms with Crippen LogP contribution in [-0.2, 0) is 19.1 Å². The summed E-state index contributed by atoms with van der Waals surface area (Å²) >= 11 is 1.49. The zero-order chi connectivity index (χ0) is 19.2. The van der Waals surface area contributed by atoms with Crippen LogP contribution >= 0.6 is 11.8 Å². The van der Waals surface area contributed by atoms with E-state index in [1.54, 1.807) is 24.1 Å². The average Bonchev–Trinajstić information content (AvgIpc) is 2.71. The summed E-state index contributed by atoms with van der Waals surface area (Å²) in [5, 5.41) is 0. The van der Waals surface area contributed by atoms with Crippen LogP contribution < -0.4 is 9.80 Å². The van der Waals surface area contributed by atoms with Gasteiger partial charge in [-0.25, -0.2) is 0 Å². The molecule has 6 nitrogen and oxygen atoms in total. The minimum absolute atomic E-state index is 0.0348. The highest BCUT2D eigenvalue weighted by Crippen LogP contribution is 2.34. The van der Waals surface area contributed by atoms with Crippen molar-refractivity contribution in [2.75, 3.05) is 35.8 Å². The maximum absolute atomic E-state index is 12.2. The summed E-state index contributed by atoms with van der Waals surface area (Å²) in [4.78, 5) is 40.4. The number of amides is 2. The highest BCUT2D eigenvalue weighted by molar-refractivity contribution is 8.00.